The molecule has 3 N–H and O–H groups in total. The van der Waals surface area contributed by atoms with Gasteiger partial charge in [0.15, 0.2) is 18.1 Å². The second-order valence-electron chi connectivity index (χ2n) is 12.2. The van der Waals surface area contributed by atoms with Crippen molar-refractivity contribution in [3.8, 4) is 0 Å². The summed E-state index contributed by atoms with van der Waals surface area (Å²) in [5.41, 5.74) is 0. The first kappa shape index (κ1) is 40.1. The average Bonchev–Trinajstić information content (AvgIpc) is 2.94. The molecule has 0 aliphatic heterocycles. The second-order valence-corrected chi connectivity index (χ2v) is 12.2. The first-order valence-corrected chi connectivity index (χ1v) is 17.4. The predicted octanol–water partition coefficient (Wildman–Crippen LogP) is 9.38. The van der Waals surface area contributed by atoms with Gasteiger partial charge in [-0.1, -0.05) is 123 Å². The SMILES string of the molecule is CCCCCCCCCCCCCC/C=C\CCCCCCC[N+](C(CC)C(=O)O)(C(CC)C(=O)O)C(CC)C(=O)O. The van der Waals surface area contributed by atoms with Crippen LogP contribution in [-0.4, -0.2) is 62.4 Å². The summed E-state index contributed by atoms with van der Waals surface area (Å²) in [5.74, 6) is -3.36. The monoisotopic (exact) mass is 596 g/mol. The molecule has 0 rings (SSSR count). The number of carboxylic acid groups (broad SMARTS) is 3. The summed E-state index contributed by atoms with van der Waals surface area (Å²) in [5, 5.41) is 30.1. The lowest BCUT2D eigenvalue weighted by atomic mass is 9.94. The molecular formula is C35H66NO6+. The van der Waals surface area contributed by atoms with Gasteiger partial charge < -0.3 is 15.3 Å². The van der Waals surface area contributed by atoms with Gasteiger partial charge in [0, 0.05) is 19.3 Å². The van der Waals surface area contributed by atoms with E-state index in [1.165, 1.54) is 77.0 Å². The highest BCUT2D eigenvalue weighted by molar-refractivity contribution is 5.78. The Balaban J connectivity index is 4.41. The minimum absolute atomic E-state index is 0.189. The van der Waals surface area contributed by atoms with Crippen LogP contribution in [0.15, 0.2) is 12.2 Å². The summed E-state index contributed by atoms with van der Waals surface area (Å²) in [6, 6.07) is -3.20. The van der Waals surface area contributed by atoms with E-state index in [0.29, 0.717) is 6.42 Å². The number of unbranched alkanes of at least 4 members (excludes halogenated alkanes) is 17. The van der Waals surface area contributed by atoms with E-state index >= 15 is 0 Å². The molecular weight excluding hydrogens is 530 g/mol. The molecule has 246 valence electrons. The van der Waals surface area contributed by atoms with Gasteiger partial charge in [-0.05, 0) is 38.5 Å². The van der Waals surface area contributed by atoms with Crippen molar-refractivity contribution >= 4 is 17.9 Å². The van der Waals surface area contributed by atoms with Gasteiger partial charge in [0.05, 0.1) is 6.54 Å². The van der Waals surface area contributed by atoms with Crippen LogP contribution in [0.3, 0.4) is 0 Å². The van der Waals surface area contributed by atoms with Crippen molar-refractivity contribution in [2.75, 3.05) is 6.54 Å². The molecule has 0 fully saturated rings. The van der Waals surface area contributed by atoms with Crippen molar-refractivity contribution in [2.24, 2.45) is 0 Å². The van der Waals surface area contributed by atoms with Gasteiger partial charge in [0.1, 0.15) is 0 Å². The number of carbonyl (C=O) groups is 3. The van der Waals surface area contributed by atoms with Crippen molar-refractivity contribution in [1.82, 2.24) is 0 Å². The van der Waals surface area contributed by atoms with Crippen molar-refractivity contribution in [1.29, 1.82) is 0 Å². The van der Waals surface area contributed by atoms with Crippen molar-refractivity contribution in [3.05, 3.63) is 12.2 Å². The molecule has 42 heavy (non-hydrogen) atoms. The molecule has 0 aromatic rings. The summed E-state index contributed by atoms with van der Waals surface area (Å²) in [7, 11) is 0. The van der Waals surface area contributed by atoms with Crippen LogP contribution >= 0.6 is 0 Å². The van der Waals surface area contributed by atoms with Gasteiger partial charge in [0.25, 0.3) is 0 Å². The van der Waals surface area contributed by atoms with Crippen LogP contribution in [0.2, 0.25) is 0 Å². The summed E-state index contributed by atoms with van der Waals surface area (Å²) in [6.07, 6.45) is 28.4. The van der Waals surface area contributed by atoms with Gasteiger partial charge in [-0.15, -0.1) is 0 Å². The molecule has 0 heterocycles. The Bertz CT molecular complexity index is 682. The number of rotatable bonds is 30. The average molecular weight is 597 g/mol. The molecule has 3 atom stereocenters. The molecule has 0 radical (unpaired) electrons. The van der Waals surface area contributed by atoms with E-state index in [0.717, 1.165) is 38.5 Å². The Hall–Kier alpha value is -1.89. The minimum atomic E-state index is -1.12. The number of quaternary nitrogens is 1. The maximum absolute atomic E-state index is 12.3. The smallest absolute Gasteiger partial charge is 0.362 e. The third kappa shape index (κ3) is 15.5. The maximum atomic E-state index is 12.3. The fraction of sp³-hybridized carbons (Fsp3) is 0.857. The summed E-state index contributed by atoms with van der Waals surface area (Å²) >= 11 is 0. The summed E-state index contributed by atoms with van der Waals surface area (Å²) < 4.78 is -0.411. The maximum Gasteiger partial charge on any atom is 0.362 e. The van der Waals surface area contributed by atoms with Crippen molar-refractivity contribution < 1.29 is 34.2 Å². The Kier molecular flexibility index (Phi) is 24.4. The molecule has 0 aromatic heterocycles. The van der Waals surface area contributed by atoms with Gasteiger partial charge in [0.2, 0.25) is 0 Å². The Morgan fingerprint density at radius 3 is 1.05 bits per heavy atom. The highest BCUT2D eigenvalue weighted by Gasteiger charge is 2.55. The van der Waals surface area contributed by atoms with Crippen molar-refractivity contribution in [2.45, 2.75) is 187 Å². The predicted molar refractivity (Wildman–Crippen MR) is 173 cm³/mol. The molecule has 7 heteroatoms. The number of hydrogen-bond acceptors (Lipinski definition) is 3. The third-order valence-corrected chi connectivity index (χ3v) is 9.06. The van der Waals surface area contributed by atoms with Gasteiger partial charge >= 0.3 is 17.9 Å². The molecule has 0 bridgehead atoms. The van der Waals surface area contributed by atoms with Gasteiger partial charge in [-0.2, -0.15) is 0 Å². The molecule has 0 amide bonds. The molecule has 0 aromatic carbocycles. The third-order valence-electron chi connectivity index (χ3n) is 9.06. The number of allylic oxidation sites excluding steroid dienone is 2. The highest BCUT2D eigenvalue weighted by atomic mass is 16.4. The number of hydrogen-bond donors (Lipinski definition) is 3. The molecule has 0 saturated carbocycles. The van der Waals surface area contributed by atoms with E-state index in [-0.39, 0.29) is 25.8 Å². The van der Waals surface area contributed by atoms with Crippen molar-refractivity contribution in [3.63, 3.8) is 0 Å². The normalized spacial score (nSPS) is 15.3. The van der Waals surface area contributed by atoms with E-state index < -0.39 is 40.5 Å². The Labute approximate surface area is 257 Å². The van der Waals surface area contributed by atoms with Crippen LogP contribution in [0.5, 0.6) is 0 Å². The molecule has 0 spiro atoms. The van der Waals surface area contributed by atoms with Crippen LogP contribution in [0.4, 0.5) is 0 Å². The lowest BCUT2D eigenvalue weighted by molar-refractivity contribution is -0.973. The quantitative estimate of drug-likeness (QED) is 0.0433. The standard InChI is InChI=1S/C35H65NO6/c1-5-9-10-11-12-13-14-15-16-17-18-19-20-21-22-23-24-25-26-27-28-29-36(30(6-2)33(37)38,31(7-3)34(39)40)32(8-4)35(41)42/h21-22,30-32H,5-20,23-29H2,1-4H3,(H2-,37,38,39,40,41,42)/p+1/b22-21-. The van der Waals surface area contributed by atoms with Crippen LogP contribution in [0, 0.1) is 0 Å². The van der Waals surface area contributed by atoms with Crippen LogP contribution in [-0.2, 0) is 14.4 Å². The van der Waals surface area contributed by atoms with E-state index in [1.54, 1.807) is 20.8 Å². The first-order valence-electron chi connectivity index (χ1n) is 17.4. The van der Waals surface area contributed by atoms with Crippen LogP contribution < -0.4 is 0 Å². The van der Waals surface area contributed by atoms with E-state index in [1.807, 2.05) is 0 Å². The number of aliphatic carboxylic acids is 3. The van der Waals surface area contributed by atoms with E-state index in [4.69, 9.17) is 0 Å². The zero-order chi connectivity index (χ0) is 31.6. The van der Waals surface area contributed by atoms with Crippen LogP contribution in [0.1, 0.15) is 169 Å². The highest BCUT2D eigenvalue weighted by Crippen LogP contribution is 2.32. The number of carboxylic acids is 3. The van der Waals surface area contributed by atoms with E-state index in [9.17, 15) is 29.7 Å². The Morgan fingerprint density at radius 2 is 0.762 bits per heavy atom. The fourth-order valence-corrected chi connectivity index (χ4v) is 6.80. The molecule has 7 nitrogen and oxygen atoms in total. The first-order chi connectivity index (χ1) is 20.2. The summed E-state index contributed by atoms with van der Waals surface area (Å²) in [4.78, 5) is 36.8. The van der Waals surface area contributed by atoms with E-state index in [2.05, 4.69) is 19.1 Å². The topological polar surface area (TPSA) is 112 Å². The zero-order valence-corrected chi connectivity index (χ0v) is 27.7. The summed E-state index contributed by atoms with van der Waals surface area (Å²) in [6.45, 7) is 7.64. The van der Waals surface area contributed by atoms with Gasteiger partial charge in [-0.25, -0.2) is 14.4 Å². The van der Waals surface area contributed by atoms with Crippen LogP contribution in [0.25, 0.3) is 0 Å². The van der Waals surface area contributed by atoms with Gasteiger partial charge in [-0.3, -0.25) is 4.48 Å². The second kappa shape index (κ2) is 25.6. The largest absolute Gasteiger partial charge is 0.477 e. The molecule has 0 aliphatic carbocycles. The number of nitrogens with zero attached hydrogens (tertiary/aromatic N) is 1. The zero-order valence-electron chi connectivity index (χ0n) is 27.7. The molecule has 3 unspecified atom stereocenters. The molecule has 0 saturated heterocycles. The minimum Gasteiger partial charge on any atom is -0.477 e. The lowest BCUT2D eigenvalue weighted by Crippen LogP contribution is -2.72. The Morgan fingerprint density at radius 1 is 0.476 bits per heavy atom. The molecule has 0 aliphatic rings. The fourth-order valence-electron chi connectivity index (χ4n) is 6.80. The lowest BCUT2D eigenvalue weighted by Gasteiger charge is -2.49.